The Hall–Kier alpha value is -1.40. The summed E-state index contributed by atoms with van der Waals surface area (Å²) in [7, 11) is 1.57. The molecule has 0 aliphatic carbocycles. The third-order valence-corrected chi connectivity index (χ3v) is 3.66. The van der Waals surface area contributed by atoms with Gasteiger partial charge < -0.3 is 14.0 Å². The third-order valence-electron chi connectivity index (χ3n) is 3.42. The molecule has 0 radical (unpaired) electrons. The highest BCUT2D eigenvalue weighted by Crippen LogP contribution is 2.29. The van der Waals surface area contributed by atoms with E-state index in [9.17, 15) is 0 Å². The Morgan fingerprint density at radius 3 is 2.67 bits per heavy atom. The summed E-state index contributed by atoms with van der Waals surface area (Å²) in [6.07, 6.45) is 1.48. The monoisotopic (exact) mass is 312 g/mol. The highest BCUT2D eigenvalue weighted by molar-refractivity contribution is 6.16. The number of hydrogen-bond acceptors (Lipinski definition) is 5. The topological polar surface area (TPSA) is 62.1 Å². The molecule has 2 rings (SSSR count). The van der Waals surface area contributed by atoms with Gasteiger partial charge in [0.1, 0.15) is 12.2 Å². The highest BCUT2D eigenvalue weighted by atomic mass is 35.5. The minimum Gasteiger partial charge on any atom is -0.479 e. The summed E-state index contributed by atoms with van der Waals surface area (Å²) < 4.78 is 12.9. The van der Waals surface area contributed by atoms with E-state index < -0.39 is 0 Å². The zero-order valence-electron chi connectivity index (χ0n) is 12.8. The number of imidazole rings is 1. The molecule has 0 aliphatic rings. The van der Waals surface area contributed by atoms with Gasteiger partial charge in [-0.15, -0.1) is 11.6 Å². The fraction of sp³-hybridized carbons (Fsp3) is 0.643. The summed E-state index contributed by atoms with van der Waals surface area (Å²) >= 11 is 6.07. The van der Waals surface area contributed by atoms with Crippen LogP contribution in [0.25, 0.3) is 11.2 Å². The van der Waals surface area contributed by atoms with E-state index in [1.165, 1.54) is 6.33 Å². The fourth-order valence-electron chi connectivity index (χ4n) is 2.33. The Morgan fingerprint density at radius 1 is 1.33 bits per heavy atom. The van der Waals surface area contributed by atoms with E-state index in [1.807, 2.05) is 11.5 Å². The largest absolute Gasteiger partial charge is 0.479 e. The first-order valence-corrected chi connectivity index (χ1v) is 7.56. The fourth-order valence-corrected chi connectivity index (χ4v) is 2.52. The first-order chi connectivity index (χ1) is 10.1. The molecule has 0 saturated heterocycles. The van der Waals surface area contributed by atoms with Crippen molar-refractivity contribution >= 4 is 22.8 Å². The molecule has 0 aromatic carbocycles. The van der Waals surface area contributed by atoms with Gasteiger partial charge in [-0.05, 0) is 12.8 Å². The number of ether oxygens (including phenoxy) is 2. The van der Waals surface area contributed by atoms with Gasteiger partial charge in [0.25, 0.3) is 0 Å². The van der Waals surface area contributed by atoms with Crippen LogP contribution in [-0.4, -0.2) is 39.8 Å². The molecule has 0 saturated carbocycles. The lowest BCUT2D eigenvalue weighted by atomic mass is 10.1. The highest BCUT2D eigenvalue weighted by Gasteiger charge is 2.24. The summed E-state index contributed by atoms with van der Waals surface area (Å²) in [4.78, 5) is 13.0. The maximum Gasteiger partial charge on any atom is 0.245 e. The van der Waals surface area contributed by atoms with Gasteiger partial charge in [-0.1, -0.05) is 13.8 Å². The molecule has 0 bridgehead atoms. The molecule has 1 atom stereocenters. The molecule has 7 heteroatoms. The van der Waals surface area contributed by atoms with E-state index in [2.05, 4.69) is 28.8 Å². The summed E-state index contributed by atoms with van der Waals surface area (Å²) in [5.74, 6) is 1.87. The van der Waals surface area contributed by atoms with Crippen LogP contribution >= 0.6 is 11.6 Å². The third kappa shape index (κ3) is 3.11. The van der Waals surface area contributed by atoms with Gasteiger partial charge in [-0.3, -0.25) is 0 Å². The number of halogens is 1. The number of rotatable bonds is 7. The molecule has 0 spiro atoms. The molecule has 0 N–H and O–H groups in total. The van der Waals surface area contributed by atoms with Crippen molar-refractivity contribution in [1.29, 1.82) is 0 Å². The molecule has 1 unspecified atom stereocenters. The molecule has 2 heterocycles. The normalized spacial score (nSPS) is 13.0. The van der Waals surface area contributed by atoms with Crippen LogP contribution in [0.2, 0.25) is 0 Å². The summed E-state index contributed by atoms with van der Waals surface area (Å²) in [6.45, 7) is 7.54. The number of nitrogens with zero attached hydrogens (tertiary/aromatic N) is 4. The second-order valence-electron chi connectivity index (χ2n) is 5.06. The Labute approximate surface area is 129 Å². The van der Waals surface area contributed by atoms with E-state index in [0.717, 1.165) is 11.5 Å². The van der Waals surface area contributed by atoms with E-state index >= 15 is 0 Å². The minimum atomic E-state index is 0.114. The van der Waals surface area contributed by atoms with Crippen LogP contribution in [0.1, 0.15) is 32.6 Å². The SMILES string of the molecule is CCOCC(C(C)C)n1c(CCl)nc2c(OC)ncnc21. The van der Waals surface area contributed by atoms with Crippen LogP contribution in [0, 0.1) is 5.92 Å². The molecular weight excluding hydrogens is 292 g/mol. The lowest BCUT2D eigenvalue weighted by Crippen LogP contribution is -2.23. The lowest BCUT2D eigenvalue weighted by Gasteiger charge is -2.24. The number of alkyl halides is 1. The van der Waals surface area contributed by atoms with Crippen LogP contribution in [0.3, 0.4) is 0 Å². The van der Waals surface area contributed by atoms with Crippen molar-refractivity contribution in [1.82, 2.24) is 19.5 Å². The quantitative estimate of drug-likeness (QED) is 0.736. The van der Waals surface area contributed by atoms with Crippen LogP contribution in [0.5, 0.6) is 5.88 Å². The second-order valence-corrected chi connectivity index (χ2v) is 5.32. The van der Waals surface area contributed by atoms with Gasteiger partial charge in [0.15, 0.2) is 11.2 Å². The van der Waals surface area contributed by atoms with Crippen LogP contribution in [-0.2, 0) is 10.6 Å². The van der Waals surface area contributed by atoms with E-state index in [0.29, 0.717) is 36.4 Å². The molecule has 2 aromatic rings. The number of hydrogen-bond donors (Lipinski definition) is 0. The first-order valence-electron chi connectivity index (χ1n) is 7.03. The van der Waals surface area contributed by atoms with E-state index in [4.69, 9.17) is 21.1 Å². The van der Waals surface area contributed by atoms with Crippen LogP contribution < -0.4 is 4.74 Å². The van der Waals surface area contributed by atoms with Gasteiger partial charge in [0.2, 0.25) is 5.88 Å². The van der Waals surface area contributed by atoms with Crippen molar-refractivity contribution in [3.05, 3.63) is 12.2 Å². The molecule has 0 aliphatic heterocycles. The molecule has 0 amide bonds. The van der Waals surface area contributed by atoms with Crippen molar-refractivity contribution in [2.75, 3.05) is 20.3 Å². The van der Waals surface area contributed by atoms with Crippen molar-refractivity contribution < 1.29 is 9.47 Å². The Bertz CT molecular complexity index is 600. The van der Waals surface area contributed by atoms with Gasteiger partial charge in [-0.25, -0.2) is 9.97 Å². The van der Waals surface area contributed by atoms with Gasteiger partial charge in [0.05, 0.1) is 25.6 Å². The first kappa shape index (κ1) is 16.0. The van der Waals surface area contributed by atoms with Crippen molar-refractivity contribution in [3.8, 4) is 5.88 Å². The standard InChI is InChI=1S/C14H21ClN4O2/c1-5-21-7-10(9(2)3)19-11(6-15)18-12-13(19)16-8-17-14(12)20-4/h8-10H,5-7H2,1-4H3. The van der Waals surface area contributed by atoms with Gasteiger partial charge >= 0.3 is 0 Å². The summed E-state index contributed by atoms with van der Waals surface area (Å²) in [5, 5.41) is 0. The zero-order chi connectivity index (χ0) is 15.4. The Morgan fingerprint density at radius 2 is 2.10 bits per heavy atom. The average Bonchev–Trinajstić information content (AvgIpc) is 2.86. The van der Waals surface area contributed by atoms with Crippen LogP contribution in [0.4, 0.5) is 0 Å². The molecule has 21 heavy (non-hydrogen) atoms. The smallest absolute Gasteiger partial charge is 0.245 e. The molecule has 0 fully saturated rings. The minimum absolute atomic E-state index is 0.114. The second kappa shape index (κ2) is 7.04. The predicted octanol–water partition coefficient (Wildman–Crippen LogP) is 2.81. The summed E-state index contributed by atoms with van der Waals surface area (Å²) in [6, 6.07) is 0.114. The van der Waals surface area contributed by atoms with Gasteiger partial charge in [0, 0.05) is 6.61 Å². The molecule has 6 nitrogen and oxygen atoms in total. The van der Waals surface area contributed by atoms with E-state index in [-0.39, 0.29) is 6.04 Å². The van der Waals surface area contributed by atoms with Gasteiger partial charge in [-0.2, -0.15) is 4.98 Å². The Kier molecular flexibility index (Phi) is 5.36. The van der Waals surface area contributed by atoms with Crippen molar-refractivity contribution in [2.45, 2.75) is 32.7 Å². The molecule has 116 valence electrons. The number of fused-ring (bicyclic) bond motifs is 1. The number of aromatic nitrogens is 4. The summed E-state index contributed by atoms with van der Waals surface area (Å²) in [5.41, 5.74) is 1.37. The molecule has 2 aromatic heterocycles. The Balaban J connectivity index is 2.59. The van der Waals surface area contributed by atoms with E-state index in [1.54, 1.807) is 7.11 Å². The zero-order valence-corrected chi connectivity index (χ0v) is 13.6. The average molecular weight is 313 g/mol. The number of methoxy groups -OCH3 is 1. The van der Waals surface area contributed by atoms with Crippen molar-refractivity contribution in [3.63, 3.8) is 0 Å². The maximum atomic E-state index is 6.07. The predicted molar refractivity (Wildman–Crippen MR) is 81.8 cm³/mol. The van der Waals surface area contributed by atoms with Crippen LogP contribution in [0.15, 0.2) is 6.33 Å². The maximum absolute atomic E-state index is 6.07. The van der Waals surface area contributed by atoms with Crippen molar-refractivity contribution in [2.24, 2.45) is 5.92 Å². The lowest BCUT2D eigenvalue weighted by molar-refractivity contribution is 0.0968. The molecular formula is C14H21ClN4O2.